The van der Waals surface area contributed by atoms with Crippen molar-refractivity contribution in [3.05, 3.63) is 89.0 Å². The van der Waals surface area contributed by atoms with Gasteiger partial charge in [-0.1, -0.05) is 91.8 Å². The van der Waals surface area contributed by atoms with E-state index in [0.717, 1.165) is 17.9 Å². The molecule has 36 heavy (non-hydrogen) atoms. The third-order valence-corrected chi connectivity index (χ3v) is 8.14. The summed E-state index contributed by atoms with van der Waals surface area (Å²) >= 11 is 0. The van der Waals surface area contributed by atoms with E-state index in [2.05, 4.69) is 109 Å². The fourth-order valence-corrected chi connectivity index (χ4v) is 6.06. The zero-order valence-electron chi connectivity index (χ0n) is 23.1. The first-order valence-corrected chi connectivity index (χ1v) is 13.5. The van der Waals surface area contributed by atoms with Crippen LogP contribution in [0.4, 0.5) is 0 Å². The van der Waals surface area contributed by atoms with Crippen LogP contribution in [0.3, 0.4) is 0 Å². The quantitative estimate of drug-likeness (QED) is 0.277. The van der Waals surface area contributed by atoms with E-state index in [1.807, 2.05) is 12.4 Å². The Morgan fingerprint density at radius 2 is 1.47 bits per heavy atom. The van der Waals surface area contributed by atoms with Crippen molar-refractivity contribution in [1.82, 2.24) is 14.5 Å². The van der Waals surface area contributed by atoms with Crippen LogP contribution in [0.2, 0.25) is 0 Å². The lowest BCUT2D eigenvalue weighted by molar-refractivity contribution is 0.634. The lowest BCUT2D eigenvalue weighted by Crippen LogP contribution is -2.20. The van der Waals surface area contributed by atoms with Gasteiger partial charge in [-0.05, 0) is 58.1 Å². The average Bonchev–Trinajstić information content (AvgIpc) is 3.44. The molecule has 0 radical (unpaired) electrons. The summed E-state index contributed by atoms with van der Waals surface area (Å²) in [5.41, 5.74) is 11.5. The van der Waals surface area contributed by atoms with Crippen molar-refractivity contribution in [3.63, 3.8) is 0 Å². The van der Waals surface area contributed by atoms with Gasteiger partial charge in [-0.15, -0.1) is 0 Å². The van der Waals surface area contributed by atoms with Crippen molar-refractivity contribution in [3.8, 4) is 28.2 Å². The monoisotopic (exact) mass is 477 g/mol. The highest BCUT2D eigenvalue weighted by Gasteiger charge is 2.41. The normalized spacial score (nSPS) is 14.8. The molecular formula is C33H39N3. The van der Waals surface area contributed by atoms with E-state index >= 15 is 0 Å². The standard InChI is InChI=1S/C33H39N3/c1-9-22(6)25-15-16-26-27-14-11-17-34-31(27)33(7,8)29(26)28(25)32-35-18-19-36(32)30-23(20(2)3)12-10-13-24(30)21(4)5/h10-22H,9H2,1-8H3. The summed E-state index contributed by atoms with van der Waals surface area (Å²) in [7, 11) is 0. The first-order chi connectivity index (χ1) is 17.2. The molecule has 1 atom stereocenters. The number of nitrogens with zero attached hydrogens (tertiary/aromatic N) is 3. The number of benzene rings is 2. The molecule has 0 saturated heterocycles. The number of imidazole rings is 1. The second-order valence-electron chi connectivity index (χ2n) is 11.5. The van der Waals surface area contributed by atoms with Crippen LogP contribution in [0.15, 0.2) is 61.1 Å². The highest BCUT2D eigenvalue weighted by atomic mass is 15.1. The van der Waals surface area contributed by atoms with Gasteiger partial charge in [0.2, 0.25) is 0 Å². The molecule has 1 aliphatic carbocycles. The molecule has 0 amide bonds. The summed E-state index contributed by atoms with van der Waals surface area (Å²) in [6.07, 6.45) is 7.15. The van der Waals surface area contributed by atoms with Gasteiger partial charge in [-0.3, -0.25) is 9.55 Å². The van der Waals surface area contributed by atoms with Crippen LogP contribution in [0.1, 0.15) is 108 Å². The Hall–Kier alpha value is -3.20. The minimum Gasteiger partial charge on any atom is -0.299 e. The van der Waals surface area contributed by atoms with Gasteiger partial charge in [0.05, 0.1) is 11.4 Å². The summed E-state index contributed by atoms with van der Waals surface area (Å²) in [5.74, 6) is 2.29. The fraction of sp³-hybridized carbons (Fsp3) is 0.394. The molecule has 1 aliphatic rings. The third kappa shape index (κ3) is 3.63. The van der Waals surface area contributed by atoms with Crippen molar-refractivity contribution < 1.29 is 0 Å². The zero-order valence-corrected chi connectivity index (χ0v) is 23.1. The van der Waals surface area contributed by atoms with Crippen molar-refractivity contribution in [2.45, 2.75) is 85.0 Å². The van der Waals surface area contributed by atoms with Gasteiger partial charge in [-0.25, -0.2) is 4.98 Å². The van der Waals surface area contributed by atoms with Gasteiger partial charge >= 0.3 is 0 Å². The van der Waals surface area contributed by atoms with E-state index in [0.29, 0.717) is 17.8 Å². The second-order valence-corrected chi connectivity index (χ2v) is 11.5. The lowest BCUT2D eigenvalue weighted by atomic mass is 9.78. The Bertz CT molecular complexity index is 1390. The largest absolute Gasteiger partial charge is 0.299 e. The molecule has 0 aliphatic heterocycles. The number of hydrogen-bond donors (Lipinski definition) is 0. The molecule has 2 heterocycles. The van der Waals surface area contributed by atoms with Crippen LogP contribution in [-0.2, 0) is 5.41 Å². The van der Waals surface area contributed by atoms with E-state index in [9.17, 15) is 0 Å². The highest BCUT2D eigenvalue weighted by Crippen LogP contribution is 2.53. The molecule has 2 aromatic carbocycles. The molecule has 0 saturated carbocycles. The van der Waals surface area contributed by atoms with Crippen molar-refractivity contribution >= 4 is 0 Å². The second kappa shape index (κ2) is 9.03. The smallest absolute Gasteiger partial charge is 0.145 e. The Morgan fingerprint density at radius 1 is 0.778 bits per heavy atom. The lowest BCUT2D eigenvalue weighted by Gasteiger charge is -2.28. The van der Waals surface area contributed by atoms with Crippen LogP contribution in [0, 0.1) is 0 Å². The van der Waals surface area contributed by atoms with E-state index < -0.39 is 0 Å². The van der Waals surface area contributed by atoms with Crippen molar-refractivity contribution in [2.24, 2.45) is 0 Å². The average molecular weight is 478 g/mol. The first kappa shape index (κ1) is 24.5. The first-order valence-electron chi connectivity index (χ1n) is 13.5. The summed E-state index contributed by atoms with van der Waals surface area (Å²) in [5, 5.41) is 0. The van der Waals surface area contributed by atoms with Gasteiger partial charge in [0.15, 0.2) is 0 Å². The molecule has 0 fully saturated rings. The van der Waals surface area contributed by atoms with Crippen LogP contribution < -0.4 is 0 Å². The fourth-order valence-electron chi connectivity index (χ4n) is 6.06. The van der Waals surface area contributed by atoms with Gasteiger partial charge in [0.1, 0.15) is 5.82 Å². The number of rotatable bonds is 6. The number of hydrogen-bond acceptors (Lipinski definition) is 2. The molecule has 2 aromatic heterocycles. The van der Waals surface area contributed by atoms with Gasteiger partial charge in [-0.2, -0.15) is 0 Å². The van der Waals surface area contributed by atoms with Crippen LogP contribution in [-0.4, -0.2) is 14.5 Å². The van der Waals surface area contributed by atoms with Crippen LogP contribution >= 0.6 is 0 Å². The SMILES string of the molecule is CCC(C)c1ccc2c(c1-c1nccn1-c1c(C(C)C)cccc1C(C)C)C(C)(C)c1ncccc1-2. The number of aromatic nitrogens is 3. The minimum atomic E-state index is -0.208. The highest BCUT2D eigenvalue weighted by molar-refractivity contribution is 5.88. The molecule has 0 spiro atoms. The number of pyridine rings is 1. The number of para-hydroxylation sites is 1. The van der Waals surface area contributed by atoms with Gasteiger partial charge in [0.25, 0.3) is 0 Å². The third-order valence-electron chi connectivity index (χ3n) is 8.14. The van der Waals surface area contributed by atoms with E-state index in [-0.39, 0.29) is 5.41 Å². The Balaban J connectivity index is 1.88. The van der Waals surface area contributed by atoms with Gasteiger partial charge in [0, 0.05) is 35.1 Å². The van der Waals surface area contributed by atoms with E-state index in [1.165, 1.54) is 44.6 Å². The van der Waals surface area contributed by atoms with Crippen molar-refractivity contribution in [1.29, 1.82) is 0 Å². The Morgan fingerprint density at radius 3 is 2.11 bits per heavy atom. The maximum absolute atomic E-state index is 5.09. The molecule has 5 rings (SSSR count). The maximum atomic E-state index is 5.09. The Labute approximate surface area is 216 Å². The maximum Gasteiger partial charge on any atom is 0.145 e. The zero-order chi connectivity index (χ0) is 25.8. The molecule has 4 aromatic rings. The number of fused-ring (bicyclic) bond motifs is 3. The molecule has 1 unspecified atom stereocenters. The summed E-state index contributed by atoms with van der Waals surface area (Å²) < 4.78 is 2.37. The Kier molecular flexibility index (Phi) is 6.14. The molecule has 186 valence electrons. The molecule has 3 nitrogen and oxygen atoms in total. The molecule has 0 bridgehead atoms. The molecule has 0 N–H and O–H groups in total. The van der Waals surface area contributed by atoms with E-state index in [4.69, 9.17) is 9.97 Å². The minimum absolute atomic E-state index is 0.208. The predicted octanol–water partition coefficient (Wildman–Crippen LogP) is 9.00. The summed E-state index contributed by atoms with van der Waals surface area (Å²) in [6, 6.07) is 15.7. The van der Waals surface area contributed by atoms with Gasteiger partial charge < -0.3 is 0 Å². The van der Waals surface area contributed by atoms with Crippen LogP contribution in [0.25, 0.3) is 28.2 Å². The summed E-state index contributed by atoms with van der Waals surface area (Å²) in [4.78, 5) is 9.96. The van der Waals surface area contributed by atoms with Crippen LogP contribution in [0.5, 0.6) is 0 Å². The van der Waals surface area contributed by atoms with Crippen molar-refractivity contribution in [2.75, 3.05) is 0 Å². The molecule has 3 heteroatoms. The van der Waals surface area contributed by atoms with E-state index in [1.54, 1.807) is 0 Å². The predicted molar refractivity (Wildman–Crippen MR) is 151 cm³/mol. The molecular weight excluding hydrogens is 438 g/mol. The topological polar surface area (TPSA) is 30.7 Å². The summed E-state index contributed by atoms with van der Waals surface area (Å²) in [6.45, 7) is 18.4.